The summed E-state index contributed by atoms with van der Waals surface area (Å²) < 4.78 is 10.4. The molecular formula is C14H21ClN2O3S. The lowest BCUT2D eigenvalue weighted by Gasteiger charge is -2.22. The molecule has 1 amide bonds. The zero-order valence-electron chi connectivity index (χ0n) is 12.2. The third-order valence-corrected chi connectivity index (χ3v) is 4.24. The van der Waals surface area contributed by atoms with Crippen molar-refractivity contribution in [1.29, 1.82) is 0 Å². The van der Waals surface area contributed by atoms with Crippen LogP contribution in [-0.2, 0) is 4.79 Å². The second-order valence-electron chi connectivity index (χ2n) is 4.54. The number of carbonyl (C=O) groups is 1. The number of hydrogen-bond donors (Lipinski definition) is 2. The molecule has 1 aromatic rings. The summed E-state index contributed by atoms with van der Waals surface area (Å²) in [5, 5.41) is 6.24. The van der Waals surface area contributed by atoms with Crippen molar-refractivity contribution in [3.05, 3.63) is 18.2 Å². The Morgan fingerprint density at radius 2 is 2.24 bits per heavy atom. The van der Waals surface area contributed by atoms with Crippen molar-refractivity contribution in [3.63, 3.8) is 0 Å². The molecule has 0 bridgehead atoms. The quantitative estimate of drug-likeness (QED) is 0.865. The molecule has 1 aliphatic rings. The second kappa shape index (κ2) is 9.02. The maximum Gasteiger partial charge on any atom is 0.226 e. The first-order valence-corrected chi connectivity index (χ1v) is 7.71. The second-order valence-corrected chi connectivity index (χ2v) is 5.69. The summed E-state index contributed by atoms with van der Waals surface area (Å²) in [5.74, 6) is 3.39. The molecule has 0 aliphatic carbocycles. The smallest absolute Gasteiger partial charge is 0.226 e. The van der Waals surface area contributed by atoms with Crippen molar-refractivity contribution >= 4 is 35.8 Å². The van der Waals surface area contributed by atoms with Crippen molar-refractivity contribution in [1.82, 2.24) is 5.32 Å². The van der Waals surface area contributed by atoms with Crippen LogP contribution in [0.15, 0.2) is 18.2 Å². The van der Waals surface area contributed by atoms with Crippen LogP contribution in [0.25, 0.3) is 0 Å². The number of amides is 1. The van der Waals surface area contributed by atoms with E-state index in [9.17, 15) is 4.79 Å². The summed E-state index contributed by atoms with van der Waals surface area (Å²) in [6.07, 6.45) is 0.466. The average Bonchev–Trinajstić information content (AvgIpc) is 2.48. The Balaban J connectivity index is 0.00000220. The number of halogens is 1. The normalized spacial score (nSPS) is 17.5. The highest BCUT2D eigenvalue weighted by Gasteiger charge is 2.17. The van der Waals surface area contributed by atoms with E-state index in [2.05, 4.69) is 10.6 Å². The summed E-state index contributed by atoms with van der Waals surface area (Å²) in [4.78, 5) is 12.1. The third kappa shape index (κ3) is 5.30. The van der Waals surface area contributed by atoms with E-state index >= 15 is 0 Å². The topological polar surface area (TPSA) is 59.6 Å². The molecule has 1 heterocycles. The van der Waals surface area contributed by atoms with Crippen LogP contribution < -0.4 is 20.1 Å². The number of hydrogen-bond acceptors (Lipinski definition) is 5. The van der Waals surface area contributed by atoms with E-state index in [1.54, 1.807) is 32.4 Å². The molecule has 118 valence electrons. The van der Waals surface area contributed by atoms with Crippen molar-refractivity contribution in [2.75, 3.05) is 37.6 Å². The molecule has 21 heavy (non-hydrogen) atoms. The molecule has 1 atom stereocenters. The Hall–Kier alpha value is -1.11. The van der Waals surface area contributed by atoms with Crippen molar-refractivity contribution in [2.45, 2.75) is 12.5 Å². The number of nitrogens with one attached hydrogen (secondary N) is 2. The number of ether oxygens (including phenoxy) is 2. The predicted octanol–water partition coefficient (Wildman–Crippen LogP) is 2.16. The van der Waals surface area contributed by atoms with Gasteiger partial charge in [-0.25, -0.2) is 0 Å². The Morgan fingerprint density at radius 3 is 2.86 bits per heavy atom. The maximum absolute atomic E-state index is 12.1. The van der Waals surface area contributed by atoms with Crippen molar-refractivity contribution < 1.29 is 14.3 Å². The van der Waals surface area contributed by atoms with E-state index in [0.717, 1.165) is 18.1 Å². The van der Waals surface area contributed by atoms with E-state index in [0.29, 0.717) is 23.6 Å². The minimum Gasteiger partial charge on any atom is -0.497 e. The average molecular weight is 333 g/mol. The van der Waals surface area contributed by atoms with Crippen LogP contribution >= 0.6 is 24.2 Å². The molecule has 5 nitrogen and oxygen atoms in total. The fourth-order valence-corrected chi connectivity index (χ4v) is 3.04. The Morgan fingerprint density at radius 1 is 1.43 bits per heavy atom. The van der Waals surface area contributed by atoms with Crippen molar-refractivity contribution in [2.24, 2.45) is 0 Å². The lowest BCUT2D eigenvalue weighted by Crippen LogP contribution is -2.39. The molecule has 0 radical (unpaired) electrons. The van der Waals surface area contributed by atoms with Crippen LogP contribution in [0.3, 0.4) is 0 Å². The molecule has 1 fully saturated rings. The first-order chi connectivity index (χ1) is 9.72. The van der Waals surface area contributed by atoms with E-state index < -0.39 is 0 Å². The number of thioether (sulfide) groups is 1. The van der Waals surface area contributed by atoms with Crippen LogP contribution in [0.1, 0.15) is 6.42 Å². The SMILES string of the molecule is COc1ccc(OC)c(NC(=O)CC2CSCCN2)c1.Cl. The van der Waals surface area contributed by atoms with Gasteiger partial charge in [0.1, 0.15) is 11.5 Å². The molecule has 0 saturated carbocycles. The van der Waals surface area contributed by atoms with Crippen LogP contribution in [0, 0.1) is 0 Å². The molecule has 0 spiro atoms. The number of carbonyl (C=O) groups excluding carboxylic acids is 1. The minimum absolute atomic E-state index is 0. The van der Waals surface area contributed by atoms with Gasteiger partial charge in [0, 0.05) is 36.6 Å². The standard InChI is InChI=1S/C14H20N2O3S.ClH/c1-18-11-3-4-13(19-2)12(8-11)16-14(17)7-10-9-20-6-5-15-10;/h3-4,8,10,15H,5-7,9H2,1-2H3,(H,16,17);1H. The molecule has 7 heteroatoms. The van der Waals surface area contributed by atoms with Crippen LogP contribution in [-0.4, -0.2) is 44.2 Å². The van der Waals surface area contributed by atoms with Crippen molar-refractivity contribution in [3.8, 4) is 11.5 Å². The summed E-state index contributed by atoms with van der Waals surface area (Å²) in [6, 6.07) is 5.59. The molecular weight excluding hydrogens is 312 g/mol. The summed E-state index contributed by atoms with van der Waals surface area (Å²) in [5.41, 5.74) is 0.639. The van der Waals surface area contributed by atoms with Crippen LogP contribution in [0.2, 0.25) is 0 Å². The highest BCUT2D eigenvalue weighted by molar-refractivity contribution is 7.99. The third-order valence-electron chi connectivity index (χ3n) is 3.11. The summed E-state index contributed by atoms with van der Waals surface area (Å²) >= 11 is 1.88. The van der Waals surface area contributed by atoms with E-state index in [1.165, 1.54) is 0 Å². The highest BCUT2D eigenvalue weighted by atomic mass is 35.5. The molecule has 2 N–H and O–H groups in total. The van der Waals surface area contributed by atoms with Gasteiger partial charge in [-0.1, -0.05) is 0 Å². The van der Waals surface area contributed by atoms with Gasteiger partial charge in [-0.15, -0.1) is 12.4 Å². The monoisotopic (exact) mass is 332 g/mol. The van der Waals surface area contributed by atoms with Gasteiger partial charge in [0.2, 0.25) is 5.91 Å². The van der Waals surface area contributed by atoms with Crippen LogP contribution in [0.5, 0.6) is 11.5 Å². The van der Waals surface area contributed by atoms with Gasteiger partial charge in [0.25, 0.3) is 0 Å². The van der Waals surface area contributed by atoms with Gasteiger partial charge in [0.15, 0.2) is 0 Å². The zero-order valence-corrected chi connectivity index (χ0v) is 13.8. The lowest BCUT2D eigenvalue weighted by atomic mass is 10.2. The zero-order chi connectivity index (χ0) is 14.4. The molecule has 1 saturated heterocycles. The molecule has 1 unspecified atom stereocenters. The first-order valence-electron chi connectivity index (χ1n) is 6.56. The molecule has 0 aromatic heterocycles. The van der Waals surface area contributed by atoms with Gasteiger partial charge >= 0.3 is 0 Å². The largest absolute Gasteiger partial charge is 0.497 e. The minimum atomic E-state index is -0.0171. The van der Waals surface area contributed by atoms with Gasteiger partial charge in [-0.05, 0) is 12.1 Å². The molecule has 1 aliphatic heterocycles. The van der Waals surface area contributed by atoms with Gasteiger partial charge < -0.3 is 20.1 Å². The number of rotatable bonds is 5. The molecule has 1 aromatic carbocycles. The maximum atomic E-state index is 12.1. The number of methoxy groups -OCH3 is 2. The van der Waals surface area contributed by atoms with E-state index in [1.807, 2.05) is 11.8 Å². The first kappa shape index (κ1) is 17.9. The fraction of sp³-hybridized carbons (Fsp3) is 0.500. The van der Waals surface area contributed by atoms with E-state index in [-0.39, 0.29) is 24.4 Å². The predicted molar refractivity (Wildman–Crippen MR) is 89.2 cm³/mol. The summed E-state index contributed by atoms with van der Waals surface area (Å²) in [7, 11) is 3.17. The van der Waals surface area contributed by atoms with Gasteiger partial charge in [0.05, 0.1) is 19.9 Å². The Labute approximate surface area is 135 Å². The fourth-order valence-electron chi connectivity index (χ4n) is 2.09. The number of benzene rings is 1. The highest BCUT2D eigenvalue weighted by Crippen LogP contribution is 2.29. The van der Waals surface area contributed by atoms with Gasteiger partial charge in [-0.2, -0.15) is 11.8 Å². The number of anilines is 1. The summed E-state index contributed by atoms with van der Waals surface area (Å²) in [6.45, 7) is 0.963. The Kier molecular flexibility index (Phi) is 7.71. The molecule has 2 rings (SSSR count). The lowest BCUT2D eigenvalue weighted by molar-refractivity contribution is -0.116. The van der Waals surface area contributed by atoms with Crippen LogP contribution in [0.4, 0.5) is 5.69 Å². The van der Waals surface area contributed by atoms with Gasteiger partial charge in [-0.3, -0.25) is 4.79 Å². The Bertz CT molecular complexity index is 468. The van der Waals surface area contributed by atoms with E-state index in [4.69, 9.17) is 9.47 Å².